The van der Waals surface area contributed by atoms with Gasteiger partial charge in [0.2, 0.25) is 0 Å². The Balaban J connectivity index is 1.79. The van der Waals surface area contributed by atoms with Crippen molar-refractivity contribution in [3.8, 4) is 0 Å². The van der Waals surface area contributed by atoms with E-state index in [1.807, 2.05) is 50.2 Å². The van der Waals surface area contributed by atoms with Gasteiger partial charge in [-0.1, -0.05) is 18.2 Å². The standard InChI is InChI=1S/C20H26N4OS/c1-13-5-3-7-18(14(13)2)23-20(25)17-6-4-8-19-16(17)9-10-24(19)22-11-15(21)12-26/h3-8,15,22,26H,9-12,21H2,1-2H3,(H,23,25). The van der Waals surface area contributed by atoms with Crippen LogP contribution in [0.25, 0.3) is 0 Å². The summed E-state index contributed by atoms with van der Waals surface area (Å²) in [6.07, 6.45) is 0.828. The van der Waals surface area contributed by atoms with Crippen molar-refractivity contribution in [1.29, 1.82) is 0 Å². The van der Waals surface area contributed by atoms with E-state index in [4.69, 9.17) is 5.73 Å². The molecule has 6 heteroatoms. The van der Waals surface area contributed by atoms with Crippen LogP contribution in [0.4, 0.5) is 11.4 Å². The maximum absolute atomic E-state index is 12.9. The molecule has 2 aromatic rings. The summed E-state index contributed by atoms with van der Waals surface area (Å²) >= 11 is 4.22. The van der Waals surface area contributed by atoms with Crippen LogP contribution in [0.15, 0.2) is 36.4 Å². The molecule has 0 saturated carbocycles. The molecule has 1 heterocycles. The maximum atomic E-state index is 12.9. The van der Waals surface area contributed by atoms with Crippen LogP contribution in [0.3, 0.4) is 0 Å². The number of anilines is 2. The maximum Gasteiger partial charge on any atom is 0.256 e. The highest BCUT2D eigenvalue weighted by Gasteiger charge is 2.24. The molecule has 0 spiro atoms. The summed E-state index contributed by atoms with van der Waals surface area (Å²) in [6.45, 7) is 5.55. The number of thiol groups is 1. The van der Waals surface area contributed by atoms with Gasteiger partial charge in [-0.05, 0) is 55.2 Å². The fourth-order valence-electron chi connectivity index (χ4n) is 3.18. The van der Waals surface area contributed by atoms with Crippen molar-refractivity contribution in [2.45, 2.75) is 26.3 Å². The van der Waals surface area contributed by atoms with Gasteiger partial charge >= 0.3 is 0 Å². The lowest BCUT2D eigenvalue weighted by Gasteiger charge is -2.22. The summed E-state index contributed by atoms with van der Waals surface area (Å²) in [5.41, 5.74) is 15.2. The molecule has 3 rings (SSSR count). The average Bonchev–Trinajstić information content (AvgIpc) is 3.06. The zero-order chi connectivity index (χ0) is 18.7. The van der Waals surface area contributed by atoms with E-state index < -0.39 is 0 Å². The fraction of sp³-hybridized carbons (Fsp3) is 0.350. The Kier molecular flexibility index (Phi) is 5.86. The molecular formula is C20H26N4OS. The molecule has 0 fully saturated rings. The number of carbonyl (C=O) groups excluding carboxylic acids is 1. The van der Waals surface area contributed by atoms with Crippen LogP contribution in [0, 0.1) is 13.8 Å². The molecule has 0 bridgehead atoms. The number of fused-ring (bicyclic) bond motifs is 1. The number of nitrogens with two attached hydrogens (primary N) is 1. The van der Waals surface area contributed by atoms with Crippen molar-refractivity contribution in [2.75, 3.05) is 29.2 Å². The number of benzene rings is 2. The Bertz CT molecular complexity index is 808. The highest BCUT2D eigenvalue weighted by molar-refractivity contribution is 7.80. The SMILES string of the molecule is Cc1cccc(NC(=O)c2cccc3c2CCN3NCC(N)CS)c1C. The van der Waals surface area contributed by atoms with Gasteiger partial charge in [0.15, 0.2) is 0 Å². The minimum Gasteiger partial charge on any atom is -0.326 e. The lowest BCUT2D eigenvalue weighted by molar-refractivity contribution is 0.102. The molecule has 1 amide bonds. The Morgan fingerprint density at radius 2 is 2.04 bits per heavy atom. The third-order valence-corrected chi connectivity index (χ3v) is 5.37. The number of amides is 1. The first-order valence-electron chi connectivity index (χ1n) is 8.88. The van der Waals surface area contributed by atoms with E-state index in [1.54, 1.807) is 0 Å². The topological polar surface area (TPSA) is 70.4 Å². The molecule has 138 valence electrons. The number of aryl methyl sites for hydroxylation is 1. The van der Waals surface area contributed by atoms with E-state index in [0.717, 1.165) is 46.6 Å². The van der Waals surface area contributed by atoms with Crippen LogP contribution in [0.5, 0.6) is 0 Å². The Morgan fingerprint density at radius 1 is 1.27 bits per heavy atom. The predicted octanol–water partition coefficient (Wildman–Crippen LogP) is 2.68. The number of carbonyl (C=O) groups is 1. The second-order valence-electron chi connectivity index (χ2n) is 6.71. The predicted molar refractivity (Wildman–Crippen MR) is 111 cm³/mol. The van der Waals surface area contributed by atoms with Crippen LogP contribution < -0.4 is 21.5 Å². The molecule has 4 N–H and O–H groups in total. The molecule has 0 radical (unpaired) electrons. The van der Waals surface area contributed by atoms with Crippen LogP contribution in [-0.2, 0) is 6.42 Å². The molecular weight excluding hydrogens is 344 g/mol. The number of hydrogen-bond donors (Lipinski definition) is 4. The first kappa shape index (κ1) is 18.8. The van der Waals surface area contributed by atoms with E-state index in [-0.39, 0.29) is 11.9 Å². The lowest BCUT2D eigenvalue weighted by atomic mass is 10.0. The fourth-order valence-corrected chi connectivity index (χ4v) is 3.31. The van der Waals surface area contributed by atoms with Gasteiger partial charge in [0.05, 0.1) is 5.69 Å². The summed E-state index contributed by atoms with van der Waals surface area (Å²) in [5, 5.41) is 5.14. The summed E-state index contributed by atoms with van der Waals surface area (Å²) < 4.78 is 0. The molecule has 0 aliphatic carbocycles. The second-order valence-corrected chi connectivity index (χ2v) is 7.08. The van der Waals surface area contributed by atoms with E-state index >= 15 is 0 Å². The molecule has 2 aromatic carbocycles. The molecule has 0 aromatic heterocycles. The monoisotopic (exact) mass is 370 g/mol. The normalized spacial score (nSPS) is 14.2. The zero-order valence-corrected chi connectivity index (χ0v) is 16.1. The van der Waals surface area contributed by atoms with Crippen LogP contribution >= 0.6 is 12.6 Å². The molecule has 26 heavy (non-hydrogen) atoms. The van der Waals surface area contributed by atoms with E-state index in [1.165, 1.54) is 0 Å². The molecule has 1 aliphatic rings. The summed E-state index contributed by atoms with van der Waals surface area (Å²) in [6, 6.07) is 11.8. The van der Waals surface area contributed by atoms with E-state index in [9.17, 15) is 4.79 Å². The highest BCUT2D eigenvalue weighted by atomic mass is 32.1. The zero-order valence-electron chi connectivity index (χ0n) is 15.2. The van der Waals surface area contributed by atoms with E-state index in [2.05, 4.69) is 28.4 Å². The van der Waals surface area contributed by atoms with Crippen molar-refractivity contribution in [1.82, 2.24) is 5.43 Å². The lowest BCUT2D eigenvalue weighted by Crippen LogP contribution is -2.44. The highest BCUT2D eigenvalue weighted by Crippen LogP contribution is 2.30. The van der Waals surface area contributed by atoms with Crippen molar-refractivity contribution in [3.63, 3.8) is 0 Å². The minimum atomic E-state index is -0.0653. The van der Waals surface area contributed by atoms with Crippen LogP contribution in [0.2, 0.25) is 0 Å². The van der Waals surface area contributed by atoms with Gasteiger partial charge in [0.25, 0.3) is 5.91 Å². The quantitative estimate of drug-likeness (QED) is 0.590. The third-order valence-electron chi connectivity index (χ3n) is 4.90. The van der Waals surface area contributed by atoms with Crippen molar-refractivity contribution >= 4 is 29.9 Å². The van der Waals surface area contributed by atoms with Crippen molar-refractivity contribution < 1.29 is 4.79 Å². The van der Waals surface area contributed by atoms with Gasteiger partial charge in [0, 0.05) is 36.1 Å². The van der Waals surface area contributed by atoms with Gasteiger partial charge in [-0.2, -0.15) is 12.6 Å². The summed E-state index contributed by atoms with van der Waals surface area (Å²) in [7, 11) is 0. The molecule has 0 saturated heterocycles. The van der Waals surface area contributed by atoms with Gasteiger partial charge in [-0.3, -0.25) is 4.79 Å². The first-order valence-corrected chi connectivity index (χ1v) is 9.51. The molecule has 1 unspecified atom stereocenters. The van der Waals surface area contributed by atoms with Crippen molar-refractivity contribution in [2.24, 2.45) is 5.73 Å². The number of hydrogen-bond acceptors (Lipinski definition) is 5. The Morgan fingerprint density at radius 3 is 2.81 bits per heavy atom. The number of nitrogens with one attached hydrogen (secondary N) is 2. The van der Waals surface area contributed by atoms with Crippen LogP contribution in [-0.4, -0.2) is 30.8 Å². The summed E-state index contributed by atoms with van der Waals surface area (Å²) in [4.78, 5) is 12.9. The number of rotatable bonds is 6. The van der Waals surface area contributed by atoms with Crippen LogP contribution in [0.1, 0.15) is 27.0 Å². The molecule has 5 nitrogen and oxygen atoms in total. The number of hydrazine groups is 1. The van der Waals surface area contributed by atoms with Crippen molar-refractivity contribution in [3.05, 3.63) is 58.7 Å². The first-order chi connectivity index (χ1) is 12.5. The molecule has 1 atom stereocenters. The summed E-state index contributed by atoms with van der Waals surface area (Å²) in [5.74, 6) is 0.566. The van der Waals surface area contributed by atoms with Gasteiger partial charge in [-0.25, -0.2) is 5.43 Å². The van der Waals surface area contributed by atoms with Gasteiger partial charge < -0.3 is 16.1 Å². The van der Waals surface area contributed by atoms with Gasteiger partial charge in [-0.15, -0.1) is 0 Å². The number of nitrogens with zero attached hydrogens (tertiary/aromatic N) is 1. The van der Waals surface area contributed by atoms with Gasteiger partial charge in [0.1, 0.15) is 0 Å². The third kappa shape index (κ3) is 3.87. The Labute approximate surface area is 160 Å². The average molecular weight is 371 g/mol. The minimum absolute atomic E-state index is 0.00170. The van der Waals surface area contributed by atoms with E-state index in [0.29, 0.717) is 12.3 Å². The second kappa shape index (κ2) is 8.12. The Hall–Kier alpha value is -2.02. The molecule has 1 aliphatic heterocycles. The largest absolute Gasteiger partial charge is 0.326 e. The smallest absolute Gasteiger partial charge is 0.256 e.